The Morgan fingerprint density at radius 1 is 1.15 bits per heavy atom. The summed E-state index contributed by atoms with van der Waals surface area (Å²) >= 11 is 0. The van der Waals surface area contributed by atoms with E-state index in [9.17, 15) is 9.59 Å². The van der Waals surface area contributed by atoms with Crippen LogP contribution in [0.1, 0.15) is 20.8 Å². The second-order valence-electron chi connectivity index (χ2n) is 5.87. The molecule has 1 rings (SSSR count). The van der Waals surface area contributed by atoms with E-state index in [0.29, 0.717) is 6.54 Å². The Labute approximate surface area is 127 Å². The van der Waals surface area contributed by atoms with E-state index < -0.39 is 5.41 Å². The van der Waals surface area contributed by atoms with Gasteiger partial charge in [0.2, 0.25) is 11.8 Å². The number of hydrogen-bond donors (Lipinski definition) is 3. The van der Waals surface area contributed by atoms with Crippen LogP contribution < -0.4 is 16.0 Å². The number of halogens is 1. The Hall–Kier alpha value is -0.850. The van der Waals surface area contributed by atoms with Gasteiger partial charge in [-0.2, -0.15) is 0 Å². The molecule has 0 aromatic carbocycles. The van der Waals surface area contributed by atoms with Crippen molar-refractivity contribution in [2.45, 2.75) is 20.8 Å². The summed E-state index contributed by atoms with van der Waals surface area (Å²) in [5.41, 5.74) is -0.457. The molecule has 0 bridgehead atoms. The van der Waals surface area contributed by atoms with Gasteiger partial charge in [-0.1, -0.05) is 20.8 Å². The van der Waals surface area contributed by atoms with Gasteiger partial charge >= 0.3 is 0 Å². The average Bonchev–Trinajstić information content (AvgIpc) is 2.36. The van der Waals surface area contributed by atoms with Gasteiger partial charge in [-0.15, -0.1) is 12.4 Å². The van der Waals surface area contributed by atoms with E-state index in [1.54, 1.807) is 0 Å². The van der Waals surface area contributed by atoms with E-state index in [1.165, 1.54) is 0 Å². The average molecular weight is 307 g/mol. The second-order valence-corrected chi connectivity index (χ2v) is 5.87. The number of piperazine rings is 1. The third-order valence-electron chi connectivity index (χ3n) is 3.05. The smallest absolute Gasteiger partial charge is 0.239 e. The molecule has 6 nitrogen and oxygen atoms in total. The molecule has 0 aliphatic carbocycles. The number of nitrogens with zero attached hydrogens (tertiary/aromatic N) is 1. The molecule has 0 saturated carbocycles. The molecule has 118 valence electrons. The number of amides is 2. The lowest BCUT2D eigenvalue weighted by molar-refractivity contribution is -0.131. The lowest BCUT2D eigenvalue weighted by Crippen LogP contribution is -2.47. The first-order chi connectivity index (χ1) is 8.89. The zero-order valence-electron chi connectivity index (χ0n) is 12.6. The number of nitrogens with one attached hydrogen (secondary N) is 3. The zero-order chi connectivity index (χ0) is 14.3. The number of hydrogen-bond acceptors (Lipinski definition) is 4. The highest BCUT2D eigenvalue weighted by Crippen LogP contribution is 2.11. The molecule has 1 fully saturated rings. The summed E-state index contributed by atoms with van der Waals surface area (Å²) < 4.78 is 0. The van der Waals surface area contributed by atoms with Gasteiger partial charge in [0.1, 0.15) is 0 Å². The quantitative estimate of drug-likeness (QED) is 0.646. The fourth-order valence-electron chi connectivity index (χ4n) is 1.78. The molecule has 1 saturated heterocycles. The Kier molecular flexibility index (Phi) is 8.76. The molecule has 2 amide bonds. The Morgan fingerprint density at radius 3 is 2.30 bits per heavy atom. The van der Waals surface area contributed by atoms with E-state index >= 15 is 0 Å². The van der Waals surface area contributed by atoms with Crippen molar-refractivity contribution in [1.82, 2.24) is 20.9 Å². The van der Waals surface area contributed by atoms with Gasteiger partial charge in [0.25, 0.3) is 0 Å². The fraction of sp³-hybridized carbons (Fsp3) is 0.846. The third kappa shape index (κ3) is 7.67. The summed E-state index contributed by atoms with van der Waals surface area (Å²) in [7, 11) is 0. The van der Waals surface area contributed by atoms with E-state index in [1.807, 2.05) is 20.8 Å². The molecule has 1 heterocycles. The van der Waals surface area contributed by atoms with Crippen LogP contribution in [-0.2, 0) is 9.59 Å². The first-order valence-corrected chi connectivity index (χ1v) is 6.87. The van der Waals surface area contributed by atoms with Crippen molar-refractivity contribution in [1.29, 1.82) is 0 Å². The SMILES string of the molecule is CC(C)(C)C(=O)NCC(=O)NCCN1CCNCC1.Cl. The number of carbonyl (C=O) groups excluding carboxylic acids is 2. The van der Waals surface area contributed by atoms with E-state index in [0.717, 1.165) is 32.7 Å². The zero-order valence-corrected chi connectivity index (χ0v) is 13.4. The summed E-state index contributed by atoms with van der Waals surface area (Å²) in [6.45, 7) is 11.1. The maximum absolute atomic E-state index is 11.6. The maximum Gasteiger partial charge on any atom is 0.239 e. The predicted molar refractivity (Wildman–Crippen MR) is 82.0 cm³/mol. The lowest BCUT2D eigenvalue weighted by Gasteiger charge is -2.27. The second kappa shape index (κ2) is 9.15. The summed E-state index contributed by atoms with van der Waals surface area (Å²) in [6, 6.07) is 0. The van der Waals surface area contributed by atoms with Crippen LogP contribution in [-0.4, -0.2) is 62.5 Å². The molecule has 3 N–H and O–H groups in total. The molecule has 1 aliphatic rings. The Balaban J connectivity index is 0.00000361. The molecular weight excluding hydrogens is 280 g/mol. The van der Waals surface area contributed by atoms with Gasteiger partial charge in [0.15, 0.2) is 0 Å². The summed E-state index contributed by atoms with van der Waals surface area (Å²) in [5, 5.41) is 8.74. The Bertz CT molecular complexity index is 312. The largest absolute Gasteiger partial charge is 0.353 e. The number of carbonyl (C=O) groups is 2. The highest BCUT2D eigenvalue weighted by Gasteiger charge is 2.21. The van der Waals surface area contributed by atoms with Crippen LogP contribution in [0.4, 0.5) is 0 Å². The van der Waals surface area contributed by atoms with Crippen LogP contribution in [0.2, 0.25) is 0 Å². The standard InChI is InChI=1S/C13H26N4O2.ClH/c1-13(2,3)12(19)16-10-11(18)15-6-9-17-7-4-14-5-8-17;/h14H,4-10H2,1-3H3,(H,15,18)(H,16,19);1H. The van der Waals surface area contributed by atoms with Crippen molar-refractivity contribution >= 4 is 24.2 Å². The highest BCUT2D eigenvalue weighted by atomic mass is 35.5. The number of rotatable bonds is 5. The summed E-state index contributed by atoms with van der Waals surface area (Å²) in [6.07, 6.45) is 0. The molecule has 0 spiro atoms. The minimum atomic E-state index is -0.457. The van der Waals surface area contributed by atoms with Gasteiger partial charge in [-0.05, 0) is 0 Å². The predicted octanol–water partition coefficient (Wildman–Crippen LogP) is -0.408. The molecule has 0 unspecified atom stereocenters. The minimum absolute atomic E-state index is 0. The van der Waals surface area contributed by atoms with Crippen molar-refractivity contribution in [3.63, 3.8) is 0 Å². The maximum atomic E-state index is 11.6. The van der Waals surface area contributed by atoms with Gasteiger partial charge in [0.05, 0.1) is 6.54 Å². The molecule has 0 aromatic heterocycles. The summed E-state index contributed by atoms with van der Waals surface area (Å²) in [4.78, 5) is 25.5. The van der Waals surface area contributed by atoms with Crippen molar-refractivity contribution in [3.05, 3.63) is 0 Å². The fourth-order valence-corrected chi connectivity index (χ4v) is 1.78. The van der Waals surface area contributed by atoms with Crippen LogP contribution >= 0.6 is 12.4 Å². The van der Waals surface area contributed by atoms with Crippen molar-refractivity contribution in [2.24, 2.45) is 5.41 Å². The molecule has 0 aromatic rings. The molecule has 0 radical (unpaired) electrons. The lowest BCUT2D eigenvalue weighted by atomic mass is 9.96. The van der Waals surface area contributed by atoms with E-state index in [4.69, 9.17) is 0 Å². The van der Waals surface area contributed by atoms with Crippen LogP contribution in [0, 0.1) is 5.41 Å². The van der Waals surface area contributed by atoms with Gasteiger partial charge < -0.3 is 16.0 Å². The van der Waals surface area contributed by atoms with Crippen molar-refractivity contribution in [3.8, 4) is 0 Å². The topological polar surface area (TPSA) is 73.5 Å². The van der Waals surface area contributed by atoms with E-state index in [-0.39, 0.29) is 30.8 Å². The Morgan fingerprint density at radius 2 is 1.75 bits per heavy atom. The molecule has 20 heavy (non-hydrogen) atoms. The van der Waals surface area contributed by atoms with Gasteiger partial charge in [-0.25, -0.2) is 0 Å². The van der Waals surface area contributed by atoms with Crippen molar-refractivity contribution < 1.29 is 9.59 Å². The van der Waals surface area contributed by atoms with Crippen LogP contribution in [0.15, 0.2) is 0 Å². The van der Waals surface area contributed by atoms with Gasteiger partial charge in [0, 0.05) is 44.7 Å². The molecule has 0 atom stereocenters. The highest BCUT2D eigenvalue weighted by molar-refractivity contribution is 5.87. The van der Waals surface area contributed by atoms with E-state index in [2.05, 4.69) is 20.9 Å². The van der Waals surface area contributed by atoms with Gasteiger partial charge in [-0.3, -0.25) is 14.5 Å². The van der Waals surface area contributed by atoms with Crippen LogP contribution in [0.3, 0.4) is 0 Å². The minimum Gasteiger partial charge on any atom is -0.353 e. The first kappa shape index (κ1) is 19.1. The molecular formula is C13H27ClN4O2. The van der Waals surface area contributed by atoms with Crippen LogP contribution in [0.25, 0.3) is 0 Å². The third-order valence-corrected chi connectivity index (χ3v) is 3.05. The first-order valence-electron chi connectivity index (χ1n) is 6.87. The summed E-state index contributed by atoms with van der Waals surface area (Å²) in [5.74, 6) is -0.238. The molecule has 1 aliphatic heterocycles. The molecule has 7 heteroatoms. The van der Waals surface area contributed by atoms with Crippen LogP contribution in [0.5, 0.6) is 0 Å². The van der Waals surface area contributed by atoms with Crippen molar-refractivity contribution in [2.75, 3.05) is 45.8 Å². The normalized spacial score (nSPS) is 16.1. The monoisotopic (exact) mass is 306 g/mol.